The van der Waals surface area contributed by atoms with Crippen LogP contribution in [0.3, 0.4) is 0 Å². The van der Waals surface area contributed by atoms with E-state index in [1.807, 2.05) is 54.5 Å². The highest BCUT2D eigenvalue weighted by atomic mass is 32.1. The van der Waals surface area contributed by atoms with Gasteiger partial charge in [-0.3, -0.25) is 4.79 Å². The minimum Gasteiger partial charge on any atom is -0.445 e. The van der Waals surface area contributed by atoms with Crippen molar-refractivity contribution in [2.75, 3.05) is 31.1 Å². The van der Waals surface area contributed by atoms with Crippen LogP contribution in [0.5, 0.6) is 0 Å². The van der Waals surface area contributed by atoms with Gasteiger partial charge in [0.25, 0.3) is 0 Å². The molecular formula is C20H26N4O3S. The zero-order valence-corrected chi connectivity index (χ0v) is 17.0. The van der Waals surface area contributed by atoms with Crippen LogP contribution in [-0.2, 0) is 16.1 Å². The van der Waals surface area contributed by atoms with Gasteiger partial charge in [0.15, 0.2) is 5.13 Å². The van der Waals surface area contributed by atoms with Crippen LogP contribution in [0.4, 0.5) is 9.93 Å². The second-order valence-electron chi connectivity index (χ2n) is 7.05. The number of amides is 2. The number of carbonyl (C=O) groups is 2. The summed E-state index contributed by atoms with van der Waals surface area (Å²) in [6, 6.07) is 8.87. The fraction of sp³-hybridized carbons (Fsp3) is 0.450. The molecule has 8 heteroatoms. The van der Waals surface area contributed by atoms with Crippen molar-refractivity contribution in [1.29, 1.82) is 0 Å². The molecule has 1 atom stereocenters. The third kappa shape index (κ3) is 5.22. The van der Waals surface area contributed by atoms with Gasteiger partial charge >= 0.3 is 6.09 Å². The number of piperazine rings is 1. The van der Waals surface area contributed by atoms with Crippen LogP contribution in [0, 0.1) is 5.92 Å². The lowest BCUT2D eigenvalue weighted by molar-refractivity contribution is -0.134. The summed E-state index contributed by atoms with van der Waals surface area (Å²) in [7, 11) is 0. The number of nitrogens with zero attached hydrogens (tertiary/aromatic N) is 3. The topological polar surface area (TPSA) is 74.8 Å². The first-order valence-corrected chi connectivity index (χ1v) is 10.3. The molecule has 7 nitrogen and oxygen atoms in total. The number of ether oxygens (including phenoxy) is 1. The van der Waals surface area contributed by atoms with Gasteiger partial charge in [0.05, 0.1) is 0 Å². The zero-order valence-electron chi connectivity index (χ0n) is 16.2. The molecule has 1 aromatic carbocycles. The van der Waals surface area contributed by atoms with E-state index in [4.69, 9.17) is 4.74 Å². The number of nitrogens with one attached hydrogen (secondary N) is 1. The summed E-state index contributed by atoms with van der Waals surface area (Å²) in [5, 5.41) is 5.68. The number of hydrogen-bond donors (Lipinski definition) is 1. The number of carbonyl (C=O) groups excluding carboxylic acids is 2. The van der Waals surface area contributed by atoms with E-state index in [2.05, 4.69) is 15.2 Å². The highest BCUT2D eigenvalue weighted by Crippen LogP contribution is 2.19. The first-order valence-electron chi connectivity index (χ1n) is 9.45. The Morgan fingerprint density at radius 1 is 1.18 bits per heavy atom. The fourth-order valence-corrected chi connectivity index (χ4v) is 3.79. The van der Waals surface area contributed by atoms with Crippen molar-refractivity contribution in [3.63, 3.8) is 0 Å². The van der Waals surface area contributed by atoms with E-state index in [1.54, 1.807) is 17.5 Å². The van der Waals surface area contributed by atoms with Gasteiger partial charge in [-0.15, -0.1) is 11.3 Å². The number of benzene rings is 1. The number of rotatable bonds is 6. The Morgan fingerprint density at radius 3 is 2.50 bits per heavy atom. The van der Waals surface area contributed by atoms with Gasteiger partial charge in [0, 0.05) is 37.8 Å². The van der Waals surface area contributed by atoms with Crippen molar-refractivity contribution in [2.24, 2.45) is 5.92 Å². The quantitative estimate of drug-likeness (QED) is 0.804. The molecule has 28 heavy (non-hydrogen) atoms. The van der Waals surface area contributed by atoms with E-state index in [0.29, 0.717) is 13.1 Å². The van der Waals surface area contributed by atoms with Crippen LogP contribution >= 0.6 is 11.3 Å². The first-order chi connectivity index (χ1) is 13.5. The van der Waals surface area contributed by atoms with Crippen LogP contribution in [0.25, 0.3) is 0 Å². The molecule has 1 aliphatic heterocycles. The molecule has 1 saturated heterocycles. The van der Waals surface area contributed by atoms with Gasteiger partial charge in [-0.05, 0) is 11.5 Å². The third-order valence-electron chi connectivity index (χ3n) is 4.70. The van der Waals surface area contributed by atoms with Gasteiger partial charge in [0.1, 0.15) is 12.6 Å². The van der Waals surface area contributed by atoms with Crippen molar-refractivity contribution < 1.29 is 14.3 Å². The first kappa shape index (κ1) is 20.1. The SMILES string of the molecule is CC(C)[C@H](NC(=O)OCc1ccccc1)C(=O)N1CCN(c2nccs2)CC1. The summed E-state index contributed by atoms with van der Waals surface area (Å²) >= 11 is 1.60. The van der Waals surface area contributed by atoms with E-state index in [1.165, 1.54) is 0 Å². The summed E-state index contributed by atoms with van der Waals surface area (Å²) < 4.78 is 5.28. The average Bonchev–Trinajstić information content (AvgIpc) is 3.25. The van der Waals surface area contributed by atoms with Gasteiger partial charge in [0.2, 0.25) is 5.91 Å². The van der Waals surface area contributed by atoms with Crippen molar-refractivity contribution in [3.05, 3.63) is 47.5 Å². The Morgan fingerprint density at radius 2 is 1.89 bits per heavy atom. The molecule has 0 radical (unpaired) electrons. The highest BCUT2D eigenvalue weighted by Gasteiger charge is 2.31. The predicted octanol–water partition coefficient (Wildman–Crippen LogP) is 2.74. The molecule has 2 aromatic rings. The van der Waals surface area contributed by atoms with E-state index in [-0.39, 0.29) is 18.4 Å². The molecule has 150 valence electrons. The Hall–Kier alpha value is -2.61. The molecule has 2 amide bonds. The molecule has 2 heterocycles. The minimum absolute atomic E-state index is 0.0335. The van der Waals surface area contributed by atoms with Crippen LogP contribution in [0.2, 0.25) is 0 Å². The Labute approximate surface area is 169 Å². The molecule has 1 aliphatic rings. The molecular weight excluding hydrogens is 376 g/mol. The van der Waals surface area contributed by atoms with Crippen molar-refractivity contribution in [2.45, 2.75) is 26.5 Å². The van der Waals surface area contributed by atoms with E-state index >= 15 is 0 Å². The van der Waals surface area contributed by atoms with Crippen LogP contribution in [-0.4, -0.2) is 54.1 Å². The van der Waals surface area contributed by atoms with Gasteiger partial charge in [-0.1, -0.05) is 44.2 Å². The summed E-state index contributed by atoms with van der Waals surface area (Å²) in [5.41, 5.74) is 0.906. The molecule has 0 unspecified atom stereocenters. The lowest BCUT2D eigenvalue weighted by Gasteiger charge is -2.37. The van der Waals surface area contributed by atoms with E-state index < -0.39 is 12.1 Å². The largest absolute Gasteiger partial charge is 0.445 e. The Balaban J connectivity index is 1.51. The second-order valence-corrected chi connectivity index (χ2v) is 7.93. The second kappa shape index (κ2) is 9.54. The number of alkyl carbamates (subject to hydrolysis) is 1. The molecule has 0 bridgehead atoms. The Bertz CT molecular complexity index is 759. The zero-order chi connectivity index (χ0) is 19.9. The number of hydrogen-bond acceptors (Lipinski definition) is 6. The normalized spacial score (nSPS) is 15.4. The van der Waals surface area contributed by atoms with Crippen LogP contribution in [0.15, 0.2) is 41.9 Å². The summed E-state index contributed by atoms with van der Waals surface area (Å²) in [5.74, 6) is -0.0979. The minimum atomic E-state index is -0.602. The van der Waals surface area contributed by atoms with Crippen LogP contribution < -0.4 is 10.2 Å². The summed E-state index contributed by atoms with van der Waals surface area (Å²) in [6.07, 6.45) is 1.22. The van der Waals surface area contributed by atoms with Gasteiger partial charge in [-0.2, -0.15) is 0 Å². The van der Waals surface area contributed by atoms with Gasteiger partial charge in [-0.25, -0.2) is 9.78 Å². The third-order valence-corrected chi connectivity index (χ3v) is 5.53. The summed E-state index contributed by atoms with van der Waals surface area (Å²) in [6.45, 7) is 6.73. The van der Waals surface area contributed by atoms with Gasteiger partial charge < -0.3 is 19.9 Å². The van der Waals surface area contributed by atoms with Crippen LogP contribution in [0.1, 0.15) is 19.4 Å². The highest BCUT2D eigenvalue weighted by molar-refractivity contribution is 7.13. The number of anilines is 1. The maximum Gasteiger partial charge on any atom is 0.408 e. The monoisotopic (exact) mass is 402 g/mol. The molecule has 1 aromatic heterocycles. The van der Waals surface area contributed by atoms with E-state index in [9.17, 15) is 9.59 Å². The molecule has 0 aliphatic carbocycles. The number of thiazole rings is 1. The predicted molar refractivity (Wildman–Crippen MR) is 109 cm³/mol. The molecule has 0 saturated carbocycles. The average molecular weight is 403 g/mol. The maximum absolute atomic E-state index is 13.0. The smallest absolute Gasteiger partial charge is 0.408 e. The Kier molecular flexibility index (Phi) is 6.86. The van der Waals surface area contributed by atoms with Crippen molar-refractivity contribution in [1.82, 2.24) is 15.2 Å². The molecule has 0 spiro atoms. The standard InChI is InChI=1S/C20H26N4O3S/c1-15(2)17(22-20(26)27-14-16-6-4-3-5-7-16)18(25)23-9-11-24(12-10-23)19-21-8-13-28-19/h3-8,13,15,17H,9-12,14H2,1-2H3,(H,22,26)/t17-/m0/s1. The lowest BCUT2D eigenvalue weighted by atomic mass is 10.0. The number of aromatic nitrogens is 1. The lowest BCUT2D eigenvalue weighted by Crippen LogP contribution is -2.56. The van der Waals surface area contributed by atoms with Crippen molar-refractivity contribution >= 4 is 28.5 Å². The fourth-order valence-electron chi connectivity index (χ4n) is 3.09. The van der Waals surface area contributed by atoms with Crippen molar-refractivity contribution in [3.8, 4) is 0 Å². The molecule has 3 rings (SSSR count). The van der Waals surface area contributed by atoms with E-state index in [0.717, 1.165) is 23.8 Å². The molecule has 1 fully saturated rings. The maximum atomic E-state index is 13.0. The molecule has 1 N–H and O–H groups in total. The summed E-state index contributed by atoms with van der Waals surface area (Å²) in [4.78, 5) is 33.5.